The van der Waals surface area contributed by atoms with Gasteiger partial charge in [0, 0.05) is 5.02 Å². The van der Waals surface area contributed by atoms with Crippen molar-refractivity contribution in [1.82, 2.24) is 5.32 Å². The number of dihydropyridines is 1. The maximum absolute atomic E-state index is 9.27. The summed E-state index contributed by atoms with van der Waals surface area (Å²) in [5.41, 5.74) is 7.03. The van der Waals surface area contributed by atoms with Crippen LogP contribution in [0.1, 0.15) is 11.5 Å². The van der Waals surface area contributed by atoms with Crippen LogP contribution in [0.4, 0.5) is 0 Å². The fourth-order valence-electron chi connectivity index (χ4n) is 1.96. The number of nitrogens with zero attached hydrogens (tertiary/aromatic N) is 2. The maximum atomic E-state index is 9.27. The molecule has 94 valence electrons. The highest BCUT2D eigenvalue weighted by molar-refractivity contribution is 7.84. The lowest BCUT2D eigenvalue weighted by Gasteiger charge is -2.25. The van der Waals surface area contributed by atoms with E-state index in [-0.39, 0.29) is 11.4 Å². The molecule has 0 fully saturated rings. The molecule has 0 bridgehead atoms. The van der Waals surface area contributed by atoms with E-state index in [0.29, 0.717) is 21.2 Å². The van der Waals surface area contributed by atoms with E-state index in [0.717, 1.165) is 0 Å². The summed E-state index contributed by atoms with van der Waals surface area (Å²) in [6, 6.07) is 11.1. The van der Waals surface area contributed by atoms with Gasteiger partial charge in [-0.05, 0) is 11.6 Å². The number of halogens is 1. The largest absolute Gasteiger partial charge is 0.384 e. The first-order valence-electron chi connectivity index (χ1n) is 5.34. The highest BCUT2D eigenvalue weighted by atomic mass is 35.5. The zero-order chi connectivity index (χ0) is 14.0. The lowest BCUT2D eigenvalue weighted by Crippen LogP contribution is -2.28. The average Bonchev–Trinajstić information content (AvgIpc) is 2.38. The topological polar surface area (TPSA) is 85.6 Å². The van der Waals surface area contributed by atoms with Crippen LogP contribution in [0.15, 0.2) is 46.3 Å². The predicted octanol–water partition coefficient (Wildman–Crippen LogP) is 2.39. The molecule has 0 aliphatic carbocycles. The first kappa shape index (κ1) is 13.4. The molecule has 1 unspecified atom stereocenters. The van der Waals surface area contributed by atoms with E-state index in [9.17, 15) is 10.5 Å². The number of nitrogens with one attached hydrogen (secondary N) is 1. The fourth-order valence-corrected chi connectivity index (χ4v) is 2.51. The van der Waals surface area contributed by atoms with Crippen molar-refractivity contribution in [3.05, 3.63) is 56.8 Å². The molecule has 0 radical (unpaired) electrons. The Morgan fingerprint density at radius 1 is 1.21 bits per heavy atom. The summed E-state index contributed by atoms with van der Waals surface area (Å²) in [5.74, 6) is -0.395. The van der Waals surface area contributed by atoms with Crippen molar-refractivity contribution in [2.45, 2.75) is 5.92 Å². The number of hydrogen-bond acceptors (Lipinski definition) is 5. The van der Waals surface area contributed by atoms with Gasteiger partial charge in [-0.25, -0.2) is 0 Å². The summed E-state index contributed by atoms with van der Waals surface area (Å²) in [4.78, 5) is 0. The fraction of sp³-hybridized carbons (Fsp3) is 0.0769. The summed E-state index contributed by atoms with van der Waals surface area (Å²) < 4.78 is 0. The molecular formula is C13H9ClN4S. The number of benzene rings is 1. The third kappa shape index (κ3) is 2.26. The molecule has 0 saturated carbocycles. The van der Waals surface area contributed by atoms with E-state index in [2.05, 4.69) is 24.0 Å². The molecule has 1 aliphatic heterocycles. The molecule has 2 rings (SSSR count). The van der Waals surface area contributed by atoms with Gasteiger partial charge in [0.1, 0.15) is 5.82 Å². The zero-order valence-electron chi connectivity index (χ0n) is 9.68. The second-order valence-electron chi connectivity index (χ2n) is 3.89. The van der Waals surface area contributed by atoms with E-state index < -0.39 is 5.92 Å². The number of allylic oxidation sites excluding steroid dienone is 2. The lowest BCUT2D eigenvalue weighted by molar-refractivity contribution is 0.842. The summed E-state index contributed by atoms with van der Waals surface area (Å²) >= 11 is 10.3. The van der Waals surface area contributed by atoms with Crippen molar-refractivity contribution in [2.24, 2.45) is 5.73 Å². The molecule has 4 nitrogen and oxygen atoms in total. The standard InChI is InChI=1S/C13H9ClN4S/c14-10-4-2-1-3-7(10)11-8(5-15)12(17)18-13(19)9(11)6-16/h1-4,11,18-19H,17H2. The Bertz CT molecular complexity index is 643. The average molecular weight is 289 g/mol. The van der Waals surface area contributed by atoms with Crippen LogP contribution in [0.5, 0.6) is 0 Å². The van der Waals surface area contributed by atoms with Gasteiger partial charge in [-0.1, -0.05) is 29.8 Å². The Kier molecular flexibility index (Phi) is 3.71. The van der Waals surface area contributed by atoms with Gasteiger partial charge >= 0.3 is 0 Å². The Hall–Kier alpha value is -2.08. The summed E-state index contributed by atoms with van der Waals surface area (Å²) in [6.07, 6.45) is 0. The first-order valence-corrected chi connectivity index (χ1v) is 6.17. The van der Waals surface area contributed by atoms with Crippen LogP contribution in [0.3, 0.4) is 0 Å². The molecule has 0 amide bonds. The summed E-state index contributed by atoms with van der Waals surface area (Å²) in [6.45, 7) is 0. The molecule has 1 aliphatic rings. The van der Waals surface area contributed by atoms with Gasteiger partial charge in [0.2, 0.25) is 0 Å². The predicted molar refractivity (Wildman–Crippen MR) is 75.8 cm³/mol. The molecule has 19 heavy (non-hydrogen) atoms. The van der Waals surface area contributed by atoms with Crippen LogP contribution in [0.2, 0.25) is 5.02 Å². The van der Waals surface area contributed by atoms with E-state index >= 15 is 0 Å². The van der Waals surface area contributed by atoms with E-state index in [1.54, 1.807) is 24.3 Å². The van der Waals surface area contributed by atoms with Gasteiger partial charge in [0.15, 0.2) is 0 Å². The van der Waals surface area contributed by atoms with Gasteiger partial charge in [0.05, 0.1) is 34.2 Å². The van der Waals surface area contributed by atoms with E-state index in [1.807, 2.05) is 6.07 Å². The molecule has 1 atom stereocenters. The minimum atomic E-state index is -0.586. The minimum absolute atomic E-state index is 0.191. The number of hydrogen-bond donors (Lipinski definition) is 3. The molecule has 1 heterocycles. The molecule has 0 spiro atoms. The quantitative estimate of drug-likeness (QED) is 0.693. The molecular weight excluding hydrogens is 280 g/mol. The van der Waals surface area contributed by atoms with Gasteiger partial charge in [-0.2, -0.15) is 10.5 Å². The zero-order valence-corrected chi connectivity index (χ0v) is 11.3. The summed E-state index contributed by atoms with van der Waals surface area (Å²) in [5, 5.41) is 22.1. The minimum Gasteiger partial charge on any atom is -0.384 e. The van der Waals surface area contributed by atoms with Crippen molar-refractivity contribution in [3.63, 3.8) is 0 Å². The maximum Gasteiger partial charge on any atom is 0.116 e. The Morgan fingerprint density at radius 3 is 2.42 bits per heavy atom. The lowest BCUT2D eigenvalue weighted by atomic mass is 9.84. The van der Waals surface area contributed by atoms with Gasteiger partial charge < -0.3 is 11.1 Å². The molecule has 0 saturated heterocycles. The monoisotopic (exact) mass is 288 g/mol. The molecule has 1 aromatic carbocycles. The second-order valence-corrected chi connectivity index (χ2v) is 4.75. The number of nitriles is 2. The van der Waals surface area contributed by atoms with E-state index in [1.165, 1.54) is 0 Å². The molecule has 3 N–H and O–H groups in total. The SMILES string of the molecule is N#CC1=C(N)NC(S)=C(C#N)C1c1ccccc1Cl. The van der Waals surface area contributed by atoms with Crippen molar-refractivity contribution >= 4 is 24.2 Å². The third-order valence-electron chi connectivity index (χ3n) is 2.83. The van der Waals surface area contributed by atoms with Crippen LogP contribution in [0, 0.1) is 22.7 Å². The highest BCUT2D eigenvalue weighted by Crippen LogP contribution is 2.39. The first-order chi connectivity index (χ1) is 9.10. The van der Waals surface area contributed by atoms with Crippen LogP contribution < -0.4 is 11.1 Å². The van der Waals surface area contributed by atoms with Crippen LogP contribution >= 0.6 is 24.2 Å². The number of rotatable bonds is 1. The van der Waals surface area contributed by atoms with Gasteiger partial charge in [-0.3, -0.25) is 0 Å². The Morgan fingerprint density at radius 2 is 1.84 bits per heavy atom. The molecule has 0 aromatic heterocycles. The Balaban J connectivity index is 2.69. The van der Waals surface area contributed by atoms with Gasteiger partial charge in [-0.15, -0.1) is 12.6 Å². The van der Waals surface area contributed by atoms with Crippen LogP contribution in [0.25, 0.3) is 0 Å². The highest BCUT2D eigenvalue weighted by Gasteiger charge is 2.31. The van der Waals surface area contributed by atoms with Crippen LogP contribution in [-0.4, -0.2) is 0 Å². The Labute approximate surface area is 121 Å². The van der Waals surface area contributed by atoms with Crippen molar-refractivity contribution in [2.75, 3.05) is 0 Å². The third-order valence-corrected chi connectivity index (χ3v) is 3.53. The summed E-state index contributed by atoms with van der Waals surface area (Å²) in [7, 11) is 0. The van der Waals surface area contributed by atoms with Crippen molar-refractivity contribution < 1.29 is 0 Å². The molecule has 1 aromatic rings. The van der Waals surface area contributed by atoms with Crippen molar-refractivity contribution in [3.8, 4) is 12.1 Å². The number of nitrogens with two attached hydrogens (primary N) is 1. The molecule has 6 heteroatoms. The van der Waals surface area contributed by atoms with Gasteiger partial charge in [0.25, 0.3) is 0 Å². The smallest absolute Gasteiger partial charge is 0.116 e. The van der Waals surface area contributed by atoms with E-state index in [4.69, 9.17) is 17.3 Å². The number of thiol groups is 1. The van der Waals surface area contributed by atoms with Crippen LogP contribution in [-0.2, 0) is 0 Å². The second kappa shape index (κ2) is 5.27. The normalized spacial score (nSPS) is 18.6. The van der Waals surface area contributed by atoms with Crippen molar-refractivity contribution in [1.29, 1.82) is 10.5 Å².